The van der Waals surface area contributed by atoms with Crippen LogP contribution in [0.1, 0.15) is 50.8 Å². The number of hydrogen-bond acceptors (Lipinski definition) is 3. The summed E-state index contributed by atoms with van der Waals surface area (Å²) in [5, 5.41) is 0. The standard InChI is InChI=1S/C20H32N4O/c1-23-10-7-22-18(23)11-14-5-8-24(9-6-14)20(25)17-12-15-3-2-4-16(13-17)19(15)21/h7,10,14-17,19H,2-6,8-9,11-13,21H2,1H3. The molecule has 2 atom stereocenters. The van der Waals surface area contributed by atoms with Crippen LogP contribution in [0, 0.1) is 23.7 Å². The largest absolute Gasteiger partial charge is 0.342 e. The lowest BCUT2D eigenvalue weighted by atomic mass is 9.65. The average Bonchev–Trinajstić information content (AvgIpc) is 3.00. The van der Waals surface area contributed by atoms with Gasteiger partial charge in [0, 0.05) is 50.9 Å². The number of aryl methyl sites for hydroxylation is 1. The molecule has 3 fully saturated rings. The molecule has 1 aliphatic heterocycles. The van der Waals surface area contributed by atoms with Crippen molar-refractivity contribution in [2.24, 2.45) is 36.5 Å². The number of imidazole rings is 1. The van der Waals surface area contributed by atoms with E-state index in [2.05, 4.69) is 21.5 Å². The summed E-state index contributed by atoms with van der Waals surface area (Å²) in [5.41, 5.74) is 6.39. The Hall–Kier alpha value is -1.36. The van der Waals surface area contributed by atoms with Gasteiger partial charge in [0.15, 0.2) is 0 Å². The maximum atomic E-state index is 13.0. The van der Waals surface area contributed by atoms with Crippen molar-refractivity contribution < 1.29 is 4.79 Å². The van der Waals surface area contributed by atoms with Gasteiger partial charge < -0.3 is 15.2 Å². The van der Waals surface area contributed by atoms with Gasteiger partial charge in [-0.3, -0.25) is 4.79 Å². The Kier molecular flexibility index (Phi) is 4.85. The molecule has 5 nitrogen and oxygen atoms in total. The monoisotopic (exact) mass is 344 g/mol. The van der Waals surface area contributed by atoms with Crippen LogP contribution in [0.15, 0.2) is 12.4 Å². The van der Waals surface area contributed by atoms with Crippen LogP contribution in [0.3, 0.4) is 0 Å². The molecular weight excluding hydrogens is 312 g/mol. The fourth-order valence-corrected chi connectivity index (χ4v) is 5.46. The van der Waals surface area contributed by atoms with Gasteiger partial charge in [-0.05, 0) is 56.3 Å². The molecular formula is C20H32N4O. The SMILES string of the molecule is Cn1ccnc1CC1CCN(C(=O)C2CC3CCCC(C2)C3N)CC1. The molecule has 4 rings (SSSR count). The molecule has 2 saturated carbocycles. The van der Waals surface area contributed by atoms with E-state index in [1.54, 1.807) is 0 Å². The van der Waals surface area contributed by atoms with Gasteiger partial charge >= 0.3 is 0 Å². The summed E-state index contributed by atoms with van der Waals surface area (Å²) in [6.45, 7) is 1.84. The number of carbonyl (C=O) groups is 1. The third kappa shape index (κ3) is 3.48. The van der Waals surface area contributed by atoms with Crippen molar-refractivity contribution in [1.82, 2.24) is 14.5 Å². The quantitative estimate of drug-likeness (QED) is 0.915. The molecule has 2 heterocycles. The summed E-state index contributed by atoms with van der Waals surface area (Å²) in [5.74, 6) is 3.65. The van der Waals surface area contributed by atoms with Gasteiger partial charge in [0.05, 0.1) is 0 Å². The molecule has 25 heavy (non-hydrogen) atoms. The van der Waals surface area contributed by atoms with Crippen LogP contribution < -0.4 is 5.73 Å². The van der Waals surface area contributed by atoms with Crippen LogP contribution in [0.25, 0.3) is 0 Å². The van der Waals surface area contributed by atoms with Gasteiger partial charge in [-0.25, -0.2) is 4.98 Å². The molecule has 1 amide bonds. The van der Waals surface area contributed by atoms with E-state index >= 15 is 0 Å². The Labute approximate surface area is 151 Å². The zero-order valence-electron chi connectivity index (χ0n) is 15.4. The van der Waals surface area contributed by atoms with E-state index in [1.165, 1.54) is 25.1 Å². The Morgan fingerprint density at radius 3 is 2.48 bits per heavy atom. The Morgan fingerprint density at radius 2 is 1.88 bits per heavy atom. The number of likely N-dealkylation sites (tertiary alicyclic amines) is 1. The lowest BCUT2D eigenvalue weighted by molar-refractivity contribution is -0.140. The molecule has 3 aliphatic rings. The highest BCUT2D eigenvalue weighted by atomic mass is 16.2. The minimum absolute atomic E-state index is 0.237. The normalized spacial score (nSPS) is 33.4. The van der Waals surface area contributed by atoms with E-state index in [1.807, 2.05) is 12.4 Å². The first kappa shape index (κ1) is 17.1. The molecule has 138 valence electrons. The van der Waals surface area contributed by atoms with Crippen LogP contribution in [-0.2, 0) is 18.3 Å². The second-order valence-corrected chi connectivity index (χ2v) is 8.62. The molecule has 2 bridgehead atoms. The Morgan fingerprint density at radius 1 is 1.20 bits per heavy atom. The van der Waals surface area contributed by atoms with Crippen molar-refractivity contribution in [2.45, 2.75) is 57.4 Å². The van der Waals surface area contributed by atoms with Gasteiger partial charge in [0.2, 0.25) is 5.91 Å². The number of carbonyl (C=O) groups excluding carboxylic acids is 1. The molecule has 2 aliphatic carbocycles. The maximum absolute atomic E-state index is 13.0. The zero-order valence-corrected chi connectivity index (χ0v) is 15.4. The number of hydrogen-bond donors (Lipinski definition) is 1. The van der Waals surface area contributed by atoms with Crippen LogP contribution >= 0.6 is 0 Å². The highest BCUT2D eigenvalue weighted by Gasteiger charge is 2.42. The van der Waals surface area contributed by atoms with Crippen molar-refractivity contribution >= 4 is 5.91 Å². The lowest BCUT2D eigenvalue weighted by Crippen LogP contribution is -2.50. The van der Waals surface area contributed by atoms with Gasteiger partial charge in [0.1, 0.15) is 5.82 Å². The smallest absolute Gasteiger partial charge is 0.225 e. The number of aromatic nitrogens is 2. The molecule has 2 N–H and O–H groups in total. The number of fused-ring (bicyclic) bond motifs is 2. The summed E-state index contributed by atoms with van der Waals surface area (Å²) < 4.78 is 2.11. The topological polar surface area (TPSA) is 64.2 Å². The summed E-state index contributed by atoms with van der Waals surface area (Å²) >= 11 is 0. The van der Waals surface area contributed by atoms with Crippen LogP contribution in [-0.4, -0.2) is 39.5 Å². The van der Waals surface area contributed by atoms with Gasteiger partial charge in [-0.2, -0.15) is 0 Å². The Bertz CT molecular complexity index is 591. The third-order valence-electron chi connectivity index (χ3n) is 7.08. The fourth-order valence-electron chi connectivity index (χ4n) is 5.46. The van der Waals surface area contributed by atoms with Crippen molar-refractivity contribution in [3.63, 3.8) is 0 Å². The minimum Gasteiger partial charge on any atom is -0.342 e. The number of rotatable bonds is 3. The Balaban J connectivity index is 1.30. The number of piperidine rings is 1. The van der Waals surface area contributed by atoms with Gasteiger partial charge in [0.25, 0.3) is 0 Å². The first-order chi connectivity index (χ1) is 12.1. The molecule has 2 unspecified atom stereocenters. The number of amides is 1. The van der Waals surface area contributed by atoms with Crippen molar-refractivity contribution in [1.29, 1.82) is 0 Å². The predicted molar refractivity (Wildman–Crippen MR) is 97.7 cm³/mol. The van der Waals surface area contributed by atoms with Crippen LogP contribution in [0.4, 0.5) is 0 Å². The number of nitrogens with zero attached hydrogens (tertiary/aromatic N) is 3. The first-order valence-electron chi connectivity index (χ1n) is 10.1. The van der Waals surface area contributed by atoms with E-state index in [9.17, 15) is 4.79 Å². The van der Waals surface area contributed by atoms with Crippen molar-refractivity contribution in [2.75, 3.05) is 13.1 Å². The summed E-state index contributed by atoms with van der Waals surface area (Å²) in [6.07, 6.45) is 13.0. The average molecular weight is 345 g/mol. The van der Waals surface area contributed by atoms with E-state index < -0.39 is 0 Å². The van der Waals surface area contributed by atoms with Crippen LogP contribution in [0.5, 0.6) is 0 Å². The first-order valence-corrected chi connectivity index (χ1v) is 10.1. The summed E-state index contributed by atoms with van der Waals surface area (Å²) in [4.78, 5) is 19.6. The highest BCUT2D eigenvalue weighted by molar-refractivity contribution is 5.79. The molecule has 1 aromatic heterocycles. The molecule has 0 aromatic carbocycles. The van der Waals surface area contributed by atoms with Crippen LogP contribution in [0.2, 0.25) is 0 Å². The number of nitrogens with two attached hydrogens (primary N) is 1. The molecule has 0 spiro atoms. The summed E-state index contributed by atoms with van der Waals surface area (Å²) in [7, 11) is 2.06. The van der Waals surface area contributed by atoms with Crippen molar-refractivity contribution in [3.05, 3.63) is 18.2 Å². The van der Waals surface area contributed by atoms with Gasteiger partial charge in [-0.15, -0.1) is 0 Å². The van der Waals surface area contributed by atoms with E-state index in [0.717, 1.165) is 45.2 Å². The third-order valence-corrected chi connectivity index (χ3v) is 7.08. The predicted octanol–water partition coefficient (Wildman–Crippen LogP) is 2.35. The van der Waals surface area contributed by atoms with Crippen molar-refractivity contribution in [3.8, 4) is 0 Å². The maximum Gasteiger partial charge on any atom is 0.225 e. The highest BCUT2D eigenvalue weighted by Crippen LogP contribution is 2.42. The second-order valence-electron chi connectivity index (χ2n) is 8.62. The molecule has 0 radical (unpaired) electrons. The van der Waals surface area contributed by atoms with E-state index in [4.69, 9.17) is 5.73 Å². The molecule has 1 saturated heterocycles. The lowest BCUT2D eigenvalue weighted by Gasteiger charge is -2.45. The summed E-state index contributed by atoms with van der Waals surface area (Å²) in [6, 6.07) is 0.348. The second kappa shape index (κ2) is 7.10. The van der Waals surface area contributed by atoms with Gasteiger partial charge in [-0.1, -0.05) is 6.42 Å². The van der Waals surface area contributed by atoms with E-state index in [0.29, 0.717) is 29.7 Å². The molecule has 5 heteroatoms. The minimum atomic E-state index is 0.237. The molecule has 1 aromatic rings. The van der Waals surface area contributed by atoms with E-state index in [-0.39, 0.29) is 5.92 Å². The fraction of sp³-hybridized carbons (Fsp3) is 0.800. The zero-order chi connectivity index (χ0) is 17.4.